The van der Waals surface area contributed by atoms with Crippen molar-refractivity contribution in [3.63, 3.8) is 0 Å². The molecule has 0 spiro atoms. The summed E-state index contributed by atoms with van der Waals surface area (Å²) in [7, 11) is 0. The Morgan fingerprint density at radius 1 is 0.372 bits per heavy atom. The number of hydrogen-bond donors (Lipinski definition) is 0. The summed E-state index contributed by atoms with van der Waals surface area (Å²) in [6.45, 7) is 12.4. The van der Waals surface area contributed by atoms with Gasteiger partial charge < -0.3 is 4.74 Å². The van der Waals surface area contributed by atoms with Gasteiger partial charge >= 0.3 is 0 Å². The highest BCUT2D eigenvalue weighted by atomic mass is 16.5. The van der Waals surface area contributed by atoms with Gasteiger partial charge in [0.05, 0.1) is 0 Å². The molecule has 0 aliphatic rings. The minimum Gasteiger partial charge on any atom is -0.354 e. The third-order valence-corrected chi connectivity index (χ3v) is 9.99. The summed E-state index contributed by atoms with van der Waals surface area (Å²) in [5.74, 6) is 0.345. The molecule has 0 heterocycles. The van der Waals surface area contributed by atoms with E-state index in [0.29, 0.717) is 25.7 Å². The van der Waals surface area contributed by atoms with Crippen molar-refractivity contribution in [1.29, 1.82) is 0 Å². The minimum absolute atomic E-state index is 0.173. The van der Waals surface area contributed by atoms with Crippen molar-refractivity contribution >= 4 is 11.6 Å². The van der Waals surface area contributed by atoms with Gasteiger partial charge in [0.25, 0.3) is 0 Å². The largest absolute Gasteiger partial charge is 0.354 e. The molecule has 0 saturated carbocycles. The van der Waals surface area contributed by atoms with Gasteiger partial charge in [0.15, 0.2) is 11.6 Å². The molecule has 3 nitrogen and oxygen atoms in total. The van der Waals surface area contributed by atoms with Crippen molar-refractivity contribution in [2.24, 2.45) is 0 Å². The first-order chi connectivity index (χ1) is 20.8. The van der Waals surface area contributed by atoms with Crippen LogP contribution >= 0.6 is 0 Å². The van der Waals surface area contributed by atoms with E-state index in [4.69, 9.17) is 4.74 Å². The standard InChI is InChI=1S/C40H78O3/c1-7-11-13-15-17-19-21-23-25-27-29-31-33-35-37(41)39(5,9-3)43-40(6,10-4)38(42)36-34-32-30-28-26-24-22-20-18-16-14-12-8-2/h7-36H2,1-6H3. The van der Waals surface area contributed by atoms with Crippen molar-refractivity contribution in [3.8, 4) is 0 Å². The lowest BCUT2D eigenvalue weighted by molar-refractivity contribution is -0.177. The summed E-state index contributed by atoms with van der Waals surface area (Å²) >= 11 is 0. The molecule has 43 heavy (non-hydrogen) atoms. The molecule has 3 heteroatoms. The fourth-order valence-electron chi connectivity index (χ4n) is 6.29. The van der Waals surface area contributed by atoms with Crippen LogP contribution < -0.4 is 0 Å². The van der Waals surface area contributed by atoms with Crippen LogP contribution in [0.25, 0.3) is 0 Å². The average Bonchev–Trinajstić information content (AvgIpc) is 3.01. The third kappa shape index (κ3) is 22.5. The second-order valence-electron chi connectivity index (χ2n) is 14.1. The first kappa shape index (κ1) is 42.3. The molecule has 0 rings (SSSR count). The normalized spacial score (nSPS) is 14.5. The molecule has 0 aromatic rings. The van der Waals surface area contributed by atoms with E-state index >= 15 is 0 Å². The molecule has 0 radical (unpaired) electrons. The van der Waals surface area contributed by atoms with Gasteiger partial charge in [0.1, 0.15) is 11.2 Å². The van der Waals surface area contributed by atoms with Crippen LogP contribution in [0.15, 0.2) is 0 Å². The molecule has 256 valence electrons. The summed E-state index contributed by atoms with van der Waals surface area (Å²) in [5.41, 5.74) is -1.74. The molecule has 0 aromatic heterocycles. The molecule has 0 saturated heterocycles. The topological polar surface area (TPSA) is 43.4 Å². The molecule has 0 amide bonds. The van der Waals surface area contributed by atoms with Gasteiger partial charge in [-0.25, -0.2) is 0 Å². The number of Topliss-reactive ketones (excluding diaryl/α,β-unsaturated/α-hetero) is 2. The summed E-state index contributed by atoms with van der Waals surface area (Å²) in [5, 5.41) is 0. The van der Waals surface area contributed by atoms with E-state index in [1.165, 1.54) is 141 Å². The zero-order valence-corrected chi connectivity index (χ0v) is 30.4. The second kappa shape index (κ2) is 28.8. The summed E-state index contributed by atoms with van der Waals surface area (Å²) < 4.78 is 6.48. The number of unbranched alkanes of at least 4 members (excludes halogenated alkanes) is 24. The van der Waals surface area contributed by atoms with Crippen molar-refractivity contribution < 1.29 is 14.3 Å². The van der Waals surface area contributed by atoms with E-state index in [0.717, 1.165) is 25.7 Å². The Kier molecular flexibility index (Phi) is 28.3. The Balaban J connectivity index is 4.12. The molecular weight excluding hydrogens is 528 g/mol. The lowest BCUT2D eigenvalue weighted by atomic mass is 9.88. The Labute approximate surface area is 270 Å². The predicted molar refractivity (Wildman–Crippen MR) is 189 cm³/mol. The number of rotatable bonds is 34. The second-order valence-corrected chi connectivity index (χ2v) is 14.1. The van der Waals surface area contributed by atoms with Gasteiger partial charge in [0, 0.05) is 12.8 Å². The van der Waals surface area contributed by atoms with Gasteiger partial charge in [0.2, 0.25) is 0 Å². The molecule has 0 aliphatic heterocycles. The smallest absolute Gasteiger partial charge is 0.164 e. The summed E-state index contributed by atoms with van der Waals surface area (Å²) in [6, 6.07) is 0. The van der Waals surface area contributed by atoms with E-state index in [-0.39, 0.29) is 11.6 Å². The van der Waals surface area contributed by atoms with Gasteiger partial charge in [-0.05, 0) is 39.5 Å². The van der Waals surface area contributed by atoms with Crippen molar-refractivity contribution in [3.05, 3.63) is 0 Å². The van der Waals surface area contributed by atoms with Crippen molar-refractivity contribution in [2.75, 3.05) is 0 Å². The highest BCUT2D eigenvalue weighted by Crippen LogP contribution is 2.31. The van der Waals surface area contributed by atoms with Gasteiger partial charge in [-0.3, -0.25) is 9.59 Å². The number of carbonyl (C=O) groups is 2. The van der Waals surface area contributed by atoms with Crippen LogP contribution in [0.2, 0.25) is 0 Å². The third-order valence-electron chi connectivity index (χ3n) is 9.99. The number of hydrogen-bond acceptors (Lipinski definition) is 3. The van der Waals surface area contributed by atoms with Crippen LogP contribution in [0.3, 0.4) is 0 Å². The van der Waals surface area contributed by atoms with Crippen LogP contribution in [0.4, 0.5) is 0 Å². The molecule has 0 bridgehead atoms. The van der Waals surface area contributed by atoms with Crippen LogP contribution in [0.1, 0.15) is 234 Å². The first-order valence-corrected chi connectivity index (χ1v) is 19.6. The summed E-state index contributed by atoms with van der Waals surface area (Å²) in [6.07, 6.45) is 36.3. The maximum atomic E-state index is 13.3. The van der Waals surface area contributed by atoms with E-state index < -0.39 is 11.2 Å². The number of ketones is 2. The van der Waals surface area contributed by atoms with E-state index in [1.54, 1.807) is 0 Å². The van der Waals surface area contributed by atoms with Gasteiger partial charge in [-0.2, -0.15) is 0 Å². The maximum Gasteiger partial charge on any atom is 0.164 e. The highest BCUT2D eigenvalue weighted by molar-refractivity contribution is 5.90. The average molecular weight is 607 g/mol. The van der Waals surface area contributed by atoms with Crippen molar-refractivity contribution in [2.45, 2.75) is 245 Å². The lowest BCUT2D eigenvalue weighted by Gasteiger charge is -2.38. The zero-order valence-electron chi connectivity index (χ0n) is 30.4. The van der Waals surface area contributed by atoms with Gasteiger partial charge in [-0.1, -0.05) is 182 Å². The fourth-order valence-corrected chi connectivity index (χ4v) is 6.29. The quantitative estimate of drug-likeness (QED) is 0.0684. The van der Waals surface area contributed by atoms with E-state index in [9.17, 15) is 9.59 Å². The molecule has 2 atom stereocenters. The molecule has 0 aliphatic carbocycles. The predicted octanol–water partition coefficient (Wildman–Crippen LogP) is 13.4. The maximum absolute atomic E-state index is 13.3. The first-order valence-electron chi connectivity index (χ1n) is 19.6. The minimum atomic E-state index is -0.868. The van der Waals surface area contributed by atoms with E-state index in [2.05, 4.69) is 13.8 Å². The van der Waals surface area contributed by atoms with Crippen LogP contribution in [0.5, 0.6) is 0 Å². The highest BCUT2D eigenvalue weighted by Gasteiger charge is 2.42. The van der Waals surface area contributed by atoms with Crippen molar-refractivity contribution in [1.82, 2.24) is 0 Å². The van der Waals surface area contributed by atoms with Crippen LogP contribution in [0, 0.1) is 0 Å². The Morgan fingerprint density at radius 3 is 0.791 bits per heavy atom. The lowest BCUT2D eigenvalue weighted by Crippen LogP contribution is -2.49. The Hall–Kier alpha value is -0.700. The van der Waals surface area contributed by atoms with E-state index in [1.807, 2.05) is 27.7 Å². The Bertz CT molecular complexity index is 590. The molecule has 0 aromatic carbocycles. The van der Waals surface area contributed by atoms with Gasteiger partial charge in [-0.15, -0.1) is 0 Å². The molecule has 0 fully saturated rings. The number of carbonyl (C=O) groups excluding carboxylic acids is 2. The fraction of sp³-hybridized carbons (Fsp3) is 0.950. The Morgan fingerprint density at radius 2 is 0.581 bits per heavy atom. The monoisotopic (exact) mass is 607 g/mol. The zero-order chi connectivity index (χ0) is 32.1. The molecule has 2 unspecified atom stereocenters. The van der Waals surface area contributed by atoms with Crippen LogP contribution in [-0.2, 0) is 14.3 Å². The number of ether oxygens (including phenoxy) is 1. The van der Waals surface area contributed by atoms with Crippen LogP contribution in [-0.4, -0.2) is 22.8 Å². The molecular formula is C40H78O3. The molecule has 0 N–H and O–H groups in total. The SMILES string of the molecule is CCCCCCCCCCCCCCCC(=O)C(C)(CC)OC(C)(CC)C(=O)CCCCCCCCCCCCCCC. The summed E-state index contributed by atoms with van der Waals surface area (Å²) in [4.78, 5) is 26.5.